The van der Waals surface area contributed by atoms with Gasteiger partial charge in [0.25, 0.3) is 5.91 Å². The van der Waals surface area contributed by atoms with Crippen LogP contribution in [0.25, 0.3) is 0 Å². The third-order valence-electron chi connectivity index (χ3n) is 3.55. The second-order valence-corrected chi connectivity index (χ2v) is 5.43. The third-order valence-corrected chi connectivity index (χ3v) is 3.55. The Labute approximate surface area is 152 Å². The molecule has 26 heavy (non-hydrogen) atoms. The van der Waals surface area contributed by atoms with Gasteiger partial charge in [0, 0.05) is 24.9 Å². The molecule has 0 aliphatic carbocycles. The molecule has 0 aliphatic rings. The van der Waals surface area contributed by atoms with Crippen LogP contribution in [0.2, 0.25) is 0 Å². The summed E-state index contributed by atoms with van der Waals surface area (Å²) in [6.45, 7) is 0.952. The number of rotatable bonds is 9. The van der Waals surface area contributed by atoms with Gasteiger partial charge >= 0.3 is 0 Å². The summed E-state index contributed by atoms with van der Waals surface area (Å²) in [4.78, 5) is 24.2. The first-order chi connectivity index (χ1) is 12.6. The Morgan fingerprint density at radius 1 is 1.04 bits per heavy atom. The first-order valence-electron chi connectivity index (χ1n) is 8.18. The number of hydrogen-bond acceptors (Lipinski definition) is 5. The maximum Gasteiger partial charge on any atom is 0.251 e. The fraction of sp³-hybridized carbons (Fsp3) is 0.263. The highest BCUT2D eigenvalue weighted by molar-refractivity contribution is 5.96. The predicted octanol–water partition coefficient (Wildman–Crippen LogP) is 2.12. The van der Waals surface area contributed by atoms with E-state index < -0.39 is 0 Å². The molecule has 2 rings (SSSR count). The van der Waals surface area contributed by atoms with Gasteiger partial charge in [0.15, 0.2) is 0 Å². The van der Waals surface area contributed by atoms with Gasteiger partial charge in [-0.15, -0.1) is 0 Å². The van der Waals surface area contributed by atoms with Crippen molar-refractivity contribution in [3.8, 4) is 5.75 Å². The molecule has 2 amide bonds. The summed E-state index contributed by atoms with van der Waals surface area (Å²) in [6.07, 6.45) is 0. The van der Waals surface area contributed by atoms with Crippen LogP contribution in [0.15, 0.2) is 48.5 Å². The van der Waals surface area contributed by atoms with Crippen LogP contribution in [0.5, 0.6) is 5.75 Å². The number of para-hydroxylation sites is 2. The van der Waals surface area contributed by atoms with Crippen molar-refractivity contribution in [2.45, 2.75) is 0 Å². The fourth-order valence-electron chi connectivity index (χ4n) is 2.26. The van der Waals surface area contributed by atoms with Gasteiger partial charge in [-0.2, -0.15) is 0 Å². The molecule has 0 radical (unpaired) electrons. The molecular weight excluding hydrogens is 334 g/mol. The van der Waals surface area contributed by atoms with E-state index in [0.29, 0.717) is 35.8 Å². The molecule has 138 valence electrons. The summed E-state index contributed by atoms with van der Waals surface area (Å²) in [5, 5.41) is 8.54. The van der Waals surface area contributed by atoms with Crippen LogP contribution in [0.3, 0.4) is 0 Å². The molecule has 0 spiro atoms. The zero-order valence-electron chi connectivity index (χ0n) is 14.9. The molecule has 0 saturated carbocycles. The quantitative estimate of drug-likeness (QED) is 0.598. The average molecular weight is 357 g/mol. The van der Waals surface area contributed by atoms with Crippen molar-refractivity contribution in [1.82, 2.24) is 5.32 Å². The number of ether oxygens (including phenoxy) is 2. The van der Waals surface area contributed by atoms with Gasteiger partial charge in [0.05, 0.1) is 25.9 Å². The zero-order chi connectivity index (χ0) is 18.8. The number of carbonyl (C=O) groups excluding carboxylic acids is 2. The van der Waals surface area contributed by atoms with Gasteiger partial charge in [-0.3, -0.25) is 9.59 Å². The molecule has 2 aromatic carbocycles. The van der Waals surface area contributed by atoms with E-state index in [1.165, 1.54) is 0 Å². The lowest BCUT2D eigenvalue weighted by Crippen LogP contribution is -2.27. The van der Waals surface area contributed by atoms with E-state index in [-0.39, 0.29) is 18.4 Å². The molecule has 0 atom stereocenters. The highest BCUT2D eigenvalue weighted by Gasteiger charge is 2.08. The number of amides is 2. The van der Waals surface area contributed by atoms with Gasteiger partial charge < -0.3 is 25.4 Å². The topological polar surface area (TPSA) is 88.7 Å². The first kappa shape index (κ1) is 19.3. The minimum atomic E-state index is -0.218. The number of hydrogen-bond donors (Lipinski definition) is 3. The van der Waals surface area contributed by atoms with Crippen LogP contribution >= 0.6 is 0 Å². The minimum absolute atomic E-state index is 0.0623. The number of methoxy groups -OCH3 is 2. The van der Waals surface area contributed by atoms with Gasteiger partial charge in [-0.25, -0.2) is 0 Å². The molecule has 0 heterocycles. The van der Waals surface area contributed by atoms with Crippen LogP contribution in [-0.4, -0.2) is 45.7 Å². The van der Waals surface area contributed by atoms with E-state index in [1.807, 2.05) is 12.1 Å². The Hall–Kier alpha value is -3.06. The normalized spacial score (nSPS) is 10.1. The molecular formula is C19H23N3O4. The maximum atomic E-state index is 12.1. The van der Waals surface area contributed by atoms with E-state index in [9.17, 15) is 9.59 Å². The van der Waals surface area contributed by atoms with Crippen molar-refractivity contribution < 1.29 is 19.1 Å². The van der Waals surface area contributed by atoms with Crippen LogP contribution in [-0.2, 0) is 9.53 Å². The Bertz CT molecular complexity index is 749. The Kier molecular flexibility index (Phi) is 7.45. The first-order valence-corrected chi connectivity index (χ1v) is 8.18. The molecule has 0 unspecified atom stereocenters. The standard InChI is InChI=1S/C19H23N3O4/c1-25-11-10-20-19(24)14-6-5-7-15(12-14)21-13-18(23)22-16-8-3-4-9-17(16)26-2/h3-9,12,21H,10-11,13H2,1-2H3,(H,20,24)(H,22,23). The summed E-state index contributed by atoms with van der Waals surface area (Å²) < 4.78 is 10.1. The SMILES string of the molecule is COCCNC(=O)c1cccc(NCC(=O)Nc2ccccc2OC)c1. The predicted molar refractivity (Wildman–Crippen MR) is 101 cm³/mol. The number of benzene rings is 2. The molecule has 0 aromatic heterocycles. The van der Waals surface area contributed by atoms with Crippen molar-refractivity contribution >= 4 is 23.2 Å². The monoisotopic (exact) mass is 357 g/mol. The van der Waals surface area contributed by atoms with Gasteiger partial charge in [0.2, 0.25) is 5.91 Å². The van der Waals surface area contributed by atoms with Crippen molar-refractivity contribution in [2.75, 3.05) is 44.5 Å². The number of carbonyl (C=O) groups is 2. The molecule has 0 bridgehead atoms. The fourth-order valence-corrected chi connectivity index (χ4v) is 2.26. The number of nitrogens with one attached hydrogen (secondary N) is 3. The molecule has 0 aliphatic heterocycles. The molecule has 7 nitrogen and oxygen atoms in total. The zero-order valence-corrected chi connectivity index (χ0v) is 14.9. The summed E-state index contributed by atoms with van der Waals surface area (Å²) in [5.41, 5.74) is 1.80. The third kappa shape index (κ3) is 5.78. The van der Waals surface area contributed by atoms with Crippen LogP contribution < -0.4 is 20.7 Å². The second kappa shape index (κ2) is 10.0. The van der Waals surface area contributed by atoms with Crippen molar-refractivity contribution in [1.29, 1.82) is 0 Å². The van der Waals surface area contributed by atoms with Gasteiger partial charge in [-0.05, 0) is 30.3 Å². The summed E-state index contributed by atoms with van der Waals surface area (Å²) in [6, 6.07) is 14.1. The molecule has 7 heteroatoms. The Balaban J connectivity index is 1.89. The minimum Gasteiger partial charge on any atom is -0.495 e. The van der Waals surface area contributed by atoms with Gasteiger partial charge in [0.1, 0.15) is 5.75 Å². The van der Waals surface area contributed by atoms with Crippen LogP contribution in [0.4, 0.5) is 11.4 Å². The maximum absolute atomic E-state index is 12.1. The lowest BCUT2D eigenvalue weighted by atomic mass is 10.2. The van der Waals surface area contributed by atoms with Gasteiger partial charge in [-0.1, -0.05) is 18.2 Å². The smallest absolute Gasteiger partial charge is 0.251 e. The lowest BCUT2D eigenvalue weighted by Gasteiger charge is -2.11. The molecule has 0 saturated heterocycles. The lowest BCUT2D eigenvalue weighted by molar-refractivity contribution is -0.114. The molecule has 0 fully saturated rings. The largest absolute Gasteiger partial charge is 0.495 e. The summed E-state index contributed by atoms with van der Waals surface area (Å²) in [5.74, 6) is 0.184. The second-order valence-electron chi connectivity index (χ2n) is 5.43. The van der Waals surface area contributed by atoms with E-state index in [1.54, 1.807) is 50.6 Å². The Morgan fingerprint density at radius 2 is 1.85 bits per heavy atom. The van der Waals surface area contributed by atoms with Crippen LogP contribution in [0.1, 0.15) is 10.4 Å². The van der Waals surface area contributed by atoms with Crippen molar-refractivity contribution in [3.05, 3.63) is 54.1 Å². The number of anilines is 2. The molecule has 2 aromatic rings. The van der Waals surface area contributed by atoms with Crippen LogP contribution in [0, 0.1) is 0 Å². The van der Waals surface area contributed by atoms with Crippen molar-refractivity contribution in [2.24, 2.45) is 0 Å². The van der Waals surface area contributed by atoms with E-state index >= 15 is 0 Å². The average Bonchev–Trinajstić information content (AvgIpc) is 2.67. The van der Waals surface area contributed by atoms with E-state index in [2.05, 4.69) is 16.0 Å². The highest BCUT2D eigenvalue weighted by Crippen LogP contribution is 2.22. The summed E-state index contributed by atoms with van der Waals surface area (Å²) in [7, 11) is 3.12. The van der Waals surface area contributed by atoms with E-state index in [0.717, 1.165) is 0 Å². The Morgan fingerprint density at radius 3 is 2.62 bits per heavy atom. The summed E-state index contributed by atoms with van der Waals surface area (Å²) >= 11 is 0. The van der Waals surface area contributed by atoms with Crippen molar-refractivity contribution in [3.63, 3.8) is 0 Å². The molecule has 3 N–H and O–H groups in total. The highest BCUT2D eigenvalue weighted by atomic mass is 16.5. The van der Waals surface area contributed by atoms with E-state index in [4.69, 9.17) is 9.47 Å².